The van der Waals surface area contributed by atoms with Crippen LogP contribution in [0.3, 0.4) is 0 Å². The fraction of sp³-hybridized carbons (Fsp3) is 0.417. The van der Waals surface area contributed by atoms with Crippen LogP contribution in [0.1, 0.15) is 27.7 Å². The molecule has 82 valence electrons. The fourth-order valence-electron chi connectivity index (χ4n) is 1.06. The van der Waals surface area contributed by atoms with Crippen molar-refractivity contribution >= 4 is 6.09 Å². The molecular formula is C12H17NO2. The van der Waals surface area contributed by atoms with Gasteiger partial charge in [-0.05, 0) is 44.9 Å². The topological polar surface area (TPSA) is 29.5 Å². The van der Waals surface area contributed by atoms with Crippen LogP contribution < -0.4 is 0 Å². The molecule has 1 heterocycles. The number of ether oxygens (including phenoxy) is 1. The molecule has 3 nitrogen and oxygen atoms in total. The normalized spacial score (nSPS) is 16.4. The summed E-state index contributed by atoms with van der Waals surface area (Å²) in [4.78, 5) is 13.1. The highest BCUT2D eigenvalue weighted by atomic mass is 16.6. The third-order valence-corrected chi connectivity index (χ3v) is 1.88. The van der Waals surface area contributed by atoms with Crippen molar-refractivity contribution in [3.05, 3.63) is 36.2 Å². The lowest BCUT2D eigenvalue weighted by atomic mass is 10.1. The average Bonchev–Trinajstić information content (AvgIpc) is 2.06. The van der Waals surface area contributed by atoms with E-state index in [9.17, 15) is 4.79 Å². The van der Waals surface area contributed by atoms with E-state index < -0.39 is 5.60 Å². The van der Waals surface area contributed by atoms with Gasteiger partial charge in [-0.15, -0.1) is 0 Å². The highest BCUT2D eigenvalue weighted by molar-refractivity contribution is 5.72. The van der Waals surface area contributed by atoms with E-state index in [-0.39, 0.29) is 6.09 Å². The Hall–Kier alpha value is -1.51. The van der Waals surface area contributed by atoms with Crippen LogP contribution >= 0.6 is 0 Å². The van der Waals surface area contributed by atoms with Gasteiger partial charge in [-0.2, -0.15) is 0 Å². The Balaban J connectivity index is 2.71. The molecule has 0 atom stereocenters. The van der Waals surface area contributed by atoms with E-state index >= 15 is 0 Å². The Morgan fingerprint density at radius 1 is 1.47 bits per heavy atom. The van der Waals surface area contributed by atoms with Gasteiger partial charge in [0.2, 0.25) is 0 Å². The Kier molecular flexibility index (Phi) is 3.03. The number of nitrogens with zero attached hydrogens (tertiary/aromatic N) is 1. The zero-order valence-corrected chi connectivity index (χ0v) is 9.70. The summed E-state index contributed by atoms with van der Waals surface area (Å²) in [5, 5.41) is 0. The van der Waals surface area contributed by atoms with Gasteiger partial charge in [-0.1, -0.05) is 6.58 Å². The SMILES string of the molecule is C=C1C=CN(C(=O)OC(C)(C)C)C=C1C. The second kappa shape index (κ2) is 3.93. The van der Waals surface area contributed by atoms with Crippen LogP contribution in [-0.2, 0) is 4.74 Å². The minimum atomic E-state index is -0.471. The number of carbonyl (C=O) groups excluding carboxylic acids is 1. The lowest BCUT2D eigenvalue weighted by Gasteiger charge is -2.25. The average molecular weight is 207 g/mol. The molecule has 1 amide bonds. The molecule has 0 saturated heterocycles. The molecule has 0 bridgehead atoms. The van der Waals surface area contributed by atoms with Gasteiger partial charge < -0.3 is 4.74 Å². The third kappa shape index (κ3) is 3.27. The van der Waals surface area contributed by atoms with Crippen molar-refractivity contribution in [3.63, 3.8) is 0 Å². The molecule has 0 spiro atoms. The lowest BCUT2D eigenvalue weighted by Crippen LogP contribution is -2.31. The molecule has 0 unspecified atom stereocenters. The molecule has 0 aromatic rings. The summed E-state index contributed by atoms with van der Waals surface area (Å²) in [6.45, 7) is 11.3. The highest BCUT2D eigenvalue weighted by Gasteiger charge is 2.20. The molecule has 1 rings (SSSR count). The molecule has 0 aromatic carbocycles. The van der Waals surface area contributed by atoms with Gasteiger partial charge in [-0.25, -0.2) is 4.79 Å². The monoisotopic (exact) mass is 207 g/mol. The number of carbonyl (C=O) groups is 1. The summed E-state index contributed by atoms with van der Waals surface area (Å²) in [6.07, 6.45) is 4.80. The maximum atomic E-state index is 11.6. The van der Waals surface area contributed by atoms with E-state index in [2.05, 4.69) is 6.58 Å². The van der Waals surface area contributed by atoms with E-state index in [0.717, 1.165) is 11.1 Å². The Bertz CT molecular complexity index is 345. The molecule has 0 aliphatic carbocycles. The summed E-state index contributed by atoms with van der Waals surface area (Å²) in [5.41, 5.74) is 1.40. The first-order valence-electron chi connectivity index (χ1n) is 4.87. The smallest absolute Gasteiger partial charge is 0.418 e. The van der Waals surface area contributed by atoms with E-state index in [4.69, 9.17) is 4.74 Å². The van der Waals surface area contributed by atoms with E-state index in [0.29, 0.717) is 0 Å². The van der Waals surface area contributed by atoms with Crippen molar-refractivity contribution in [3.8, 4) is 0 Å². The Morgan fingerprint density at radius 3 is 2.53 bits per heavy atom. The minimum absolute atomic E-state index is 0.370. The van der Waals surface area contributed by atoms with Gasteiger partial charge in [0.15, 0.2) is 0 Å². The second-order valence-electron chi connectivity index (χ2n) is 4.54. The summed E-state index contributed by atoms with van der Waals surface area (Å²) >= 11 is 0. The van der Waals surface area contributed by atoms with Crippen molar-refractivity contribution in [1.82, 2.24) is 4.90 Å². The maximum Gasteiger partial charge on any atom is 0.418 e. The number of hydrogen-bond donors (Lipinski definition) is 0. The number of hydrogen-bond acceptors (Lipinski definition) is 2. The molecule has 15 heavy (non-hydrogen) atoms. The predicted octanol–water partition coefficient (Wildman–Crippen LogP) is 3.21. The second-order valence-corrected chi connectivity index (χ2v) is 4.54. The zero-order chi connectivity index (χ0) is 11.6. The highest BCUT2D eigenvalue weighted by Crippen LogP contribution is 2.18. The van der Waals surface area contributed by atoms with Crippen molar-refractivity contribution in [2.45, 2.75) is 33.3 Å². The number of allylic oxidation sites excluding steroid dienone is 3. The molecule has 0 saturated carbocycles. The summed E-state index contributed by atoms with van der Waals surface area (Å²) < 4.78 is 5.22. The third-order valence-electron chi connectivity index (χ3n) is 1.88. The standard InChI is InChI=1S/C12H17NO2/c1-9-6-7-13(8-10(9)2)11(14)15-12(3,4)5/h6-8H,1H2,2-5H3. The van der Waals surface area contributed by atoms with Gasteiger partial charge in [0.25, 0.3) is 0 Å². The molecule has 1 aliphatic heterocycles. The summed E-state index contributed by atoms with van der Waals surface area (Å²) in [6, 6.07) is 0. The molecule has 0 radical (unpaired) electrons. The van der Waals surface area contributed by atoms with Gasteiger partial charge in [0.1, 0.15) is 5.60 Å². The van der Waals surface area contributed by atoms with Crippen LogP contribution in [0, 0.1) is 0 Å². The van der Waals surface area contributed by atoms with Crippen LogP contribution in [0.2, 0.25) is 0 Å². The quantitative estimate of drug-likeness (QED) is 0.610. The first-order chi connectivity index (χ1) is 6.79. The van der Waals surface area contributed by atoms with Crippen LogP contribution in [0.25, 0.3) is 0 Å². The molecule has 0 N–H and O–H groups in total. The fourth-order valence-corrected chi connectivity index (χ4v) is 1.06. The Labute approximate surface area is 90.7 Å². The van der Waals surface area contributed by atoms with Gasteiger partial charge in [0.05, 0.1) is 0 Å². The summed E-state index contributed by atoms with van der Waals surface area (Å²) in [5.74, 6) is 0. The van der Waals surface area contributed by atoms with E-state index in [1.54, 1.807) is 18.5 Å². The van der Waals surface area contributed by atoms with Crippen molar-refractivity contribution in [2.24, 2.45) is 0 Å². The molecule has 0 aromatic heterocycles. The molecule has 0 fully saturated rings. The Morgan fingerprint density at radius 2 is 2.07 bits per heavy atom. The molecular weight excluding hydrogens is 190 g/mol. The predicted molar refractivity (Wildman–Crippen MR) is 60.1 cm³/mol. The first-order valence-corrected chi connectivity index (χ1v) is 4.87. The maximum absolute atomic E-state index is 11.6. The number of rotatable bonds is 0. The van der Waals surface area contributed by atoms with Crippen molar-refractivity contribution in [1.29, 1.82) is 0 Å². The van der Waals surface area contributed by atoms with Gasteiger partial charge in [0, 0.05) is 12.4 Å². The number of amides is 1. The van der Waals surface area contributed by atoms with Crippen LogP contribution in [0.5, 0.6) is 0 Å². The van der Waals surface area contributed by atoms with E-state index in [1.807, 2.05) is 27.7 Å². The summed E-state index contributed by atoms with van der Waals surface area (Å²) in [7, 11) is 0. The van der Waals surface area contributed by atoms with E-state index in [1.165, 1.54) is 4.90 Å². The first kappa shape index (κ1) is 11.6. The minimum Gasteiger partial charge on any atom is -0.443 e. The zero-order valence-electron chi connectivity index (χ0n) is 9.70. The van der Waals surface area contributed by atoms with Crippen molar-refractivity contribution in [2.75, 3.05) is 0 Å². The van der Waals surface area contributed by atoms with Crippen LogP contribution in [-0.4, -0.2) is 16.6 Å². The van der Waals surface area contributed by atoms with Gasteiger partial charge in [-0.3, -0.25) is 4.90 Å². The largest absolute Gasteiger partial charge is 0.443 e. The van der Waals surface area contributed by atoms with Crippen LogP contribution in [0.15, 0.2) is 36.2 Å². The molecule has 1 aliphatic rings. The van der Waals surface area contributed by atoms with Crippen molar-refractivity contribution < 1.29 is 9.53 Å². The van der Waals surface area contributed by atoms with Gasteiger partial charge >= 0.3 is 6.09 Å². The molecule has 3 heteroatoms. The lowest BCUT2D eigenvalue weighted by molar-refractivity contribution is 0.0397. The van der Waals surface area contributed by atoms with Crippen LogP contribution in [0.4, 0.5) is 4.79 Å².